The topological polar surface area (TPSA) is 33.5 Å². The minimum absolute atomic E-state index is 0.405. The fourth-order valence-electron chi connectivity index (χ4n) is 1.85. The van der Waals surface area contributed by atoms with E-state index in [0.717, 1.165) is 12.2 Å². The molecule has 0 bridgehead atoms. The molecule has 2 heterocycles. The summed E-state index contributed by atoms with van der Waals surface area (Å²) in [5, 5.41) is 0. The van der Waals surface area contributed by atoms with E-state index in [1.165, 1.54) is 24.3 Å². The number of nitrogens with zero attached hydrogens (tertiary/aromatic N) is 1. The van der Waals surface area contributed by atoms with Crippen LogP contribution in [-0.2, 0) is 0 Å². The van der Waals surface area contributed by atoms with Crippen LogP contribution in [0, 0.1) is 0 Å². The van der Waals surface area contributed by atoms with Gasteiger partial charge in [-0.2, -0.15) is 11.8 Å². The lowest BCUT2D eigenvalue weighted by Crippen LogP contribution is -2.34. The van der Waals surface area contributed by atoms with E-state index in [0.29, 0.717) is 11.8 Å². The van der Waals surface area contributed by atoms with Gasteiger partial charge in [0.2, 0.25) is 0 Å². The van der Waals surface area contributed by atoms with E-state index in [1.807, 2.05) is 24.9 Å². The van der Waals surface area contributed by atoms with Crippen LogP contribution in [0.5, 0.6) is 0 Å². The zero-order valence-electron chi connectivity index (χ0n) is 8.81. The summed E-state index contributed by atoms with van der Waals surface area (Å²) in [7, 11) is 2.04. The molecule has 1 aromatic heterocycles. The van der Waals surface area contributed by atoms with Gasteiger partial charge < -0.3 is 9.32 Å². The molecule has 4 heteroatoms. The summed E-state index contributed by atoms with van der Waals surface area (Å²) < 4.78 is 5.40. The van der Waals surface area contributed by atoms with Gasteiger partial charge in [-0.1, -0.05) is 0 Å². The zero-order valence-corrected chi connectivity index (χ0v) is 9.63. The number of thioether (sulfide) groups is 1. The number of carbonyl (C=O) groups excluding carboxylic acids is 1. The van der Waals surface area contributed by atoms with E-state index in [2.05, 4.69) is 4.90 Å². The number of furan rings is 1. The number of carbonyl (C=O) groups is 1. The molecule has 82 valence electrons. The Morgan fingerprint density at radius 2 is 2.20 bits per heavy atom. The summed E-state index contributed by atoms with van der Waals surface area (Å²) >= 11 is 2.01. The molecule has 3 nitrogen and oxygen atoms in total. The maximum Gasteiger partial charge on any atom is 0.196 e. The van der Waals surface area contributed by atoms with Gasteiger partial charge in [0.25, 0.3) is 0 Å². The van der Waals surface area contributed by atoms with Crippen LogP contribution < -0.4 is 4.90 Å². The van der Waals surface area contributed by atoms with Gasteiger partial charge in [0, 0.05) is 19.2 Å². The van der Waals surface area contributed by atoms with Gasteiger partial charge in [0.15, 0.2) is 17.9 Å². The second-order valence-electron chi connectivity index (χ2n) is 3.75. The Kier molecular flexibility index (Phi) is 3.36. The van der Waals surface area contributed by atoms with Crippen molar-refractivity contribution in [3.05, 3.63) is 17.9 Å². The Hall–Kier alpha value is -0.900. The van der Waals surface area contributed by atoms with Crippen molar-refractivity contribution < 1.29 is 9.21 Å². The molecule has 1 aromatic rings. The third-order valence-electron chi connectivity index (χ3n) is 2.81. The Morgan fingerprint density at radius 3 is 2.80 bits per heavy atom. The third-order valence-corrected chi connectivity index (χ3v) is 3.86. The molecule has 0 radical (unpaired) electrons. The van der Waals surface area contributed by atoms with Crippen LogP contribution in [0.4, 0.5) is 5.88 Å². The average Bonchev–Trinajstić information content (AvgIpc) is 2.78. The molecule has 1 aliphatic rings. The fourth-order valence-corrected chi connectivity index (χ4v) is 2.93. The van der Waals surface area contributed by atoms with Gasteiger partial charge in [-0.05, 0) is 30.4 Å². The van der Waals surface area contributed by atoms with Crippen LogP contribution >= 0.6 is 11.8 Å². The predicted molar refractivity (Wildman–Crippen MR) is 62.8 cm³/mol. The summed E-state index contributed by atoms with van der Waals surface area (Å²) in [4.78, 5) is 12.6. The van der Waals surface area contributed by atoms with Crippen molar-refractivity contribution >= 4 is 23.9 Å². The van der Waals surface area contributed by atoms with Crippen molar-refractivity contribution in [2.45, 2.75) is 18.9 Å². The molecule has 1 saturated heterocycles. The Bertz CT molecular complexity index is 331. The lowest BCUT2D eigenvalue weighted by atomic mass is 10.1. The van der Waals surface area contributed by atoms with E-state index in [9.17, 15) is 4.79 Å². The van der Waals surface area contributed by atoms with E-state index in [-0.39, 0.29) is 0 Å². The lowest BCUT2D eigenvalue weighted by Gasteiger charge is -2.30. The molecule has 0 aliphatic carbocycles. The van der Waals surface area contributed by atoms with Crippen molar-refractivity contribution in [3.63, 3.8) is 0 Å². The highest BCUT2D eigenvalue weighted by molar-refractivity contribution is 7.99. The molecular weight excluding hydrogens is 210 g/mol. The van der Waals surface area contributed by atoms with E-state index >= 15 is 0 Å². The van der Waals surface area contributed by atoms with Crippen LogP contribution in [0.25, 0.3) is 0 Å². The largest absolute Gasteiger partial charge is 0.438 e. The van der Waals surface area contributed by atoms with Crippen LogP contribution in [-0.4, -0.2) is 30.9 Å². The smallest absolute Gasteiger partial charge is 0.196 e. The van der Waals surface area contributed by atoms with E-state index in [4.69, 9.17) is 4.42 Å². The summed E-state index contributed by atoms with van der Waals surface area (Å²) in [6, 6.07) is 4.14. The van der Waals surface area contributed by atoms with Crippen LogP contribution in [0.3, 0.4) is 0 Å². The Labute approximate surface area is 93.8 Å². The molecule has 0 aromatic carbocycles. The Balaban J connectivity index is 2.05. The average molecular weight is 225 g/mol. The number of rotatable bonds is 3. The minimum Gasteiger partial charge on any atom is -0.438 e. The number of hydrogen-bond donors (Lipinski definition) is 0. The standard InChI is InChI=1S/C11H15NO2S/c1-12(9-4-6-15-7-5-9)11-3-2-10(8-13)14-11/h2-3,8-9H,4-7H2,1H3. The molecule has 0 spiro atoms. The first kappa shape index (κ1) is 10.6. The van der Waals surface area contributed by atoms with Crippen LogP contribution in [0.2, 0.25) is 0 Å². The van der Waals surface area contributed by atoms with Crippen molar-refractivity contribution in [1.29, 1.82) is 0 Å². The summed E-state index contributed by atoms with van der Waals surface area (Å²) in [5.41, 5.74) is 0. The van der Waals surface area contributed by atoms with E-state index < -0.39 is 0 Å². The molecule has 1 aliphatic heterocycles. The third kappa shape index (κ3) is 2.37. The monoisotopic (exact) mass is 225 g/mol. The van der Waals surface area contributed by atoms with Crippen molar-refractivity contribution in [1.82, 2.24) is 0 Å². The summed E-state index contributed by atoms with van der Waals surface area (Å²) in [6.07, 6.45) is 3.13. The fraction of sp³-hybridized carbons (Fsp3) is 0.545. The highest BCUT2D eigenvalue weighted by atomic mass is 32.2. The quantitative estimate of drug-likeness (QED) is 0.740. The normalized spacial score (nSPS) is 17.7. The van der Waals surface area contributed by atoms with Crippen molar-refractivity contribution in [2.75, 3.05) is 23.5 Å². The van der Waals surface area contributed by atoms with Gasteiger partial charge in [-0.3, -0.25) is 4.79 Å². The van der Waals surface area contributed by atoms with E-state index in [1.54, 1.807) is 6.07 Å². The maximum absolute atomic E-state index is 10.5. The molecule has 0 saturated carbocycles. The van der Waals surface area contributed by atoms with Crippen LogP contribution in [0.15, 0.2) is 16.5 Å². The van der Waals surface area contributed by atoms with Gasteiger partial charge in [0.1, 0.15) is 0 Å². The molecule has 0 amide bonds. The molecule has 2 rings (SSSR count). The van der Waals surface area contributed by atoms with Gasteiger partial charge in [-0.25, -0.2) is 0 Å². The number of aldehydes is 1. The number of anilines is 1. The van der Waals surface area contributed by atoms with Crippen LogP contribution in [0.1, 0.15) is 23.4 Å². The SMILES string of the molecule is CN(c1ccc(C=O)o1)C1CCSCC1. The molecule has 0 atom stereocenters. The molecule has 0 unspecified atom stereocenters. The first-order valence-electron chi connectivity index (χ1n) is 5.17. The second kappa shape index (κ2) is 4.75. The van der Waals surface area contributed by atoms with Crippen molar-refractivity contribution in [3.8, 4) is 0 Å². The van der Waals surface area contributed by atoms with Gasteiger partial charge in [-0.15, -0.1) is 0 Å². The molecule has 1 fully saturated rings. The van der Waals surface area contributed by atoms with Gasteiger partial charge >= 0.3 is 0 Å². The highest BCUT2D eigenvalue weighted by Gasteiger charge is 2.20. The maximum atomic E-state index is 10.5. The highest BCUT2D eigenvalue weighted by Crippen LogP contribution is 2.26. The summed E-state index contributed by atoms with van der Waals surface area (Å²) in [6.45, 7) is 0. The first-order valence-corrected chi connectivity index (χ1v) is 6.32. The number of hydrogen-bond acceptors (Lipinski definition) is 4. The molecular formula is C11H15NO2S. The first-order chi connectivity index (χ1) is 7.31. The van der Waals surface area contributed by atoms with Gasteiger partial charge in [0.05, 0.1) is 0 Å². The second-order valence-corrected chi connectivity index (χ2v) is 4.97. The molecule has 0 N–H and O–H groups in total. The predicted octanol–water partition coefficient (Wildman–Crippen LogP) is 2.42. The minimum atomic E-state index is 0.405. The summed E-state index contributed by atoms with van der Waals surface area (Å²) in [5.74, 6) is 3.64. The Morgan fingerprint density at radius 1 is 1.47 bits per heavy atom. The van der Waals surface area contributed by atoms with Crippen molar-refractivity contribution in [2.24, 2.45) is 0 Å². The lowest BCUT2D eigenvalue weighted by molar-refractivity contribution is 0.110. The molecule has 15 heavy (non-hydrogen) atoms. The zero-order chi connectivity index (χ0) is 10.7.